The number of likely N-dealkylation sites (N-methyl/N-ethyl adjacent to an activating group) is 1. The Labute approximate surface area is 164 Å². The summed E-state index contributed by atoms with van der Waals surface area (Å²) in [5, 5.41) is 13.1. The van der Waals surface area contributed by atoms with Gasteiger partial charge in [-0.3, -0.25) is 4.79 Å². The fraction of sp³-hybridized carbons (Fsp3) is 0.429. The molecular weight excluding hydrogens is 358 g/mol. The number of nitrogens with one attached hydrogen (secondary N) is 1. The maximum Gasteiger partial charge on any atom is 0.281 e. The number of aliphatic hydroxyl groups excluding tert-OH is 1. The van der Waals surface area contributed by atoms with E-state index < -0.39 is 0 Å². The van der Waals surface area contributed by atoms with Crippen LogP contribution < -0.4 is 10.3 Å². The average Bonchev–Trinajstić information content (AvgIpc) is 3.12. The molecule has 1 heterocycles. The summed E-state index contributed by atoms with van der Waals surface area (Å²) in [6, 6.07) is 9.85. The van der Waals surface area contributed by atoms with Crippen LogP contribution in [0.15, 0.2) is 35.4 Å². The molecule has 0 saturated carbocycles. The van der Waals surface area contributed by atoms with E-state index in [4.69, 9.17) is 5.11 Å². The van der Waals surface area contributed by atoms with Gasteiger partial charge in [0.25, 0.3) is 5.91 Å². The van der Waals surface area contributed by atoms with Gasteiger partial charge in [-0.25, -0.2) is 5.43 Å². The summed E-state index contributed by atoms with van der Waals surface area (Å²) in [6.07, 6.45) is 6.26. The molecule has 0 radical (unpaired) electrons. The molecule has 27 heavy (non-hydrogen) atoms. The van der Waals surface area contributed by atoms with E-state index in [0.29, 0.717) is 6.54 Å². The van der Waals surface area contributed by atoms with Gasteiger partial charge in [0.05, 0.1) is 17.7 Å². The topological polar surface area (TPSA) is 64.9 Å². The Kier molecular flexibility index (Phi) is 6.63. The van der Waals surface area contributed by atoms with Gasteiger partial charge in [-0.15, -0.1) is 11.3 Å². The highest BCUT2D eigenvalue weighted by molar-refractivity contribution is 7.14. The first-order chi connectivity index (χ1) is 13.1. The van der Waals surface area contributed by atoms with Crippen LogP contribution in [0.3, 0.4) is 0 Å². The highest BCUT2D eigenvalue weighted by Crippen LogP contribution is 2.33. The minimum atomic E-state index is -0.141. The number of fused-ring (bicyclic) bond motifs is 1. The van der Waals surface area contributed by atoms with Gasteiger partial charge in [0.15, 0.2) is 0 Å². The van der Waals surface area contributed by atoms with E-state index >= 15 is 0 Å². The van der Waals surface area contributed by atoms with E-state index in [1.165, 1.54) is 23.3 Å². The molecule has 3 rings (SSSR count). The monoisotopic (exact) mass is 385 g/mol. The second-order valence-electron chi connectivity index (χ2n) is 7.01. The fourth-order valence-corrected chi connectivity index (χ4v) is 4.47. The molecule has 0 saturated heterocycles. The van der Waals surface area contributed by atoms with Crippen molar-refractivity contribution in [3.05, 3.63) is 51.2 Å². The van der Waals surface area contributed by atoms with Crippen molar-refractivity contribution in [2.75, 3.05) is 25.1 Å². The average molecular weight is 386 g/mol. The second kappa shape index (κ2) is 9.15. The molecule has 0 bridgehead atoms. The van der Waals surface area contributed by atoms with Gasteiger partial charge in [0.2, 0.25) is 0 Å². The van der Waals surface area contributed by atoms with Crippen LogP contribution in [0.5, 0.6) is 0 Å². The van der Waals surface area contributed by atoms with Gasteiger partial charge in [0.1, 0.15) is 0 Å². The smallest absolute Gasteiger partial charge is 0.281 e. The first-order valence-corrected chi connectivity index (χ1v) is 10.3. The summed E-state index contributed by atoms with van der Waals surface area (Å²) in [7, 11) is 1.93. The Bertz CT molecular complexity index is 798. The molecule has 0 aliphatic heterocycles. The molecule has 144 valence electrons. The Morgan fingerprint density at radius 2 is 2.19 bits per heavy atom. The quantitative estimate of drug-likeness (QED) is 0.567. The Hall–Kier alpha value is -2.18. The number of carbonyl (C=O) groups is 1. The van der Waals surface area contributed by atoms with E-state index in [-0.39, 0.29) is 12.5 Å². The van der Waals surface area contributed by atoms with Gasteiger partial charge < -0.3 is 10.0 Å². The van der Waals surface area contributed by atoms with Crippen LogP contribution in [-0.2, 0) is 12.8 Å². The first kappa shape index (κ1) is 19.6. The van der Waals surface area contributed by atoms with Crippen molar-refractivity contribution in [2.24, 2.45) is 11.0 Å². The van der Waals surface area contributed by atoms with E-state index in [9.17, 15) is 4.79 Å². The Balaban J connectivity index is 1.57. The molecule has 5 nitrogen and oxygen atoms in total. The number of nitrogens with zero attached hydrogens (tertiary/aromatic N) is 2. The lowest BCUT2D eigenvalue weighted by molar-refractivity contribution is 0.0959. The van der Waals surface area contributed by atoms with Gasteiger partial charge in [-0.2, -0.15) is 5.10 Å². The van der Waals surface area contributed by atoms with Crippen molar-refractivity contribution in [1.29, 1.82) is 0 Å². The molecule has 1 aliphatic rings. The molecule has 0 fully saturated rings. The molecule has 1 aromatic heterocycles. The number of amides is 1. The zero-order valence-electron chi connectivity index (χ0n) is 15.9. The number of carbonyl (C=O) groups excluding carboxylic acids is 1. The zero-order chi connectivity index (χ0) is 19.2. The minimum Gasteiger partial charge on any atom is -0.395 e. The summed E-state index contributed by atoms with van der Waals surface area (Å²) < 4.78 is 0. The highest BCUT2D eigenvalue weighted by Gasteiger charge is 2.21. The summed E-state index contributed by atoms with van der Waals surface area (Å²) in [5.41, 5.74) is 5.92. The van der Waals surface area contributed by atoms with Gasteiger partial charge in [0, 0.05) is 24.2 Å². The number of benzene rings is 1. The molecule has 1 amide bonds. The summed E-state index contributed by atoms with van der Waals surface area (Å²) in [4.78, 5) is 16.5. The molecule has 2 aromatic rings. The van der Waals surface area contributed by atoms with Crippen molar-refractivity contribution in [3.8, 4) is 0 Å². The summed E-state index contributed by atoms with van der Waals surface area (Å²) in [5.74, 6) is 0.610. The summed E-state index contributed by atoms with van der Waals surface area (Å²) in [6.45, 7) is 2.95. The molecule has 1 aromatic carbocycles. The number of anilines is 1. The molecule has 0 spiro atoms. The van der Waals surface area contributed by atoms with Crippen molar-refractivity contribution < 1.29 is 9.90 Å². The van der Waals surface area contributed by atoms with Crippen LogP contribution in [-0.4, -0.2) is 37.4 Å². The summed E-state index contributed by atoms with van der Waals surface area (Å²) >= 11 is 1.60. The Morgan fingerprint density at radius 3 is 2.89 bits per heavy atom. The fourth-order valence-electron chi connectivity index (χ4n) is 3.37. The number of thiophene rings is 1. The van der Waals surface area contributed by atoms with Crippen molar-refractivity contribution >= 4 is 29.1 Å². The van der Waals surface area contributed by atoms with Crippen LogP contribution in [0.1, 0.15) is 45.4 Å². The number of aryl methyl sites for hydroxylation is 1. The van der Waals surface area contributed by atoms with Crippen LogP contribution in [0, 0.1) is 5.92 Å². The number of hydrazone groups is 1. The van der Waals surface area contributed by atoms with Crippen LogP contribution in [0.2, 0.25) is 0 Å². The van der Waals surface area contributed by atoms with Gasteiger partial charge in [-0.1, -0.05) is 25.5 Å². The van der Waals surface area contributed by atoms with Crippen LogP contribution in [0.4, 0.5) is 5.69 Å². The van der Waals surface area contributed by atoms with E-state index in [1.807, 2.05) is 42.3 Å². The molecular formula is C21H27N3O2S. The number of aliphatic hydroxyl groups is 1. The molecule has 1 atom stereocenters. The van der Waals surface area contributed by atoms with Crippen LogP contribution in [0.25, 0.3) is 0 Å². The van der Waals surface area contributed by atoms with Crippen LogP contribution >= 0.6 is 11.3 Å². The Morgan fingerprint density at radius 1 is 1.41 bits per heavy atom. The van der Waals surface area contributed by atoms with E-state index in [1.54, 1.807) is 17.6 Å². The predicted molar refractivity (Wildman–Crippen MR) is 112 cm³/mol. The second-order valence-corrected chi connectivity index (χ2v) is 8.15. The highest BCUT2D eigenvalue weighted by atomic mass is 32.1. The molecule has 0 unspecified atom stereocenters. The van der Waals surface area contributed by atoms with Gasteiger partial charge in [-0.05, 0) is 54.5 Å². The van der Waals surface area contributed by atoms with Crippen molar-refractivity contribution in [1.82, 2.24) is 5.43 Å². The predicted octanol–water partition coefficient (Wildman–Crippen LogP) is 3.46. The third kappa shape index (κ3) is 4.96. The zero-order valence-corrected chi connectivity index (χ0v) is 16.8. The van der Waals surface area contributed by atoms with Gasteiger partial charge >= 0.3 is 0 Å². The lowest BCUT2D eigenvalue weighted by Crippen LogP contribution is -2.20. The van der Waals surface area contributed by atoms with Crippen molar-refractivity contribution in [2.45, 2.75) is 32.6 Å². The number of hydrogen-bond donors (Lipinski definition) is 2. The van der Waals surface area contributed by atoms with Crippen molar-refractivity contribution in [3.63, 3.8) is 0 Å². The first-order valence-electron chi connectivity index (χ1n) is 9.47. The maximum absolute atomic E-state index is 12.4. The number of rotatable bonds is 7. The van der Waals surface area contributed by atoms with E-state index in [2.05, 4.69) is 17.5 Å². The van der Waals surface area contributed by atoms with E-state index in [0.717, 1.165) is 34.9 Å². The lowest BCUT2D eigenvalue weighted by Gasteiger charge is -2.19. The molecule has 2 N–H and O–H groups in total. The maximum atomic E-state index is 12.4. The normalized spacial score (nSPS) is 16.3. The molecule has 1 aliphatic carbocycles. The SMILES string of the molecule is CC[C@H]1CCc2sc(C(=O)N/N=C\c3ccc(N(C)CCO)cc3)cc2C1. The largest absolute Gasteiger partial charge is 0.395 e. The molecule has 6 heteroatoms. The third-order valence-electron chi connectivity index (χ3n) is 5.14. The standard InChI is InChI=1S/C21H27N3O2S/c1-3-15-6-9-19-17(12-15)13-20(27-19)21(26)23-22-14-16-4-7-18(8-5-16)24(2)10-11-25/h4-5,7-8,13-15,25H,3,6,9-12H2,1-2H3,(H,23,26)/b22-14-/t15-/m0/s1. The third-order valence-corrected chi connectivity index (χ3v) is 6.37. The number of hydrogen-bond acceptors (Lipinski definition) is 5. The lowest BCUT2D eigenvalue weighted by atomic mass is 9.87. The minimum absolute atomic E-state index is 0.122.